The van der Waals surface area contributed by atoms with E-state index in [1.165, 1.54) is 5.75 Å². The predicted octanol–water partition coefficient (Wildman–Crippen LogP) is 3.35. The third-order valence-corrected chi connectivity index (χ3v) is 5.90. The monoisotopic (exact) mass is 327 g/mol. The molecule has 3 unspecified atom stereocenters. The highest BCUT2D eigenvalue weighted by molar-refractivity contribution is 7.99. The second kappa shape index (κ2) is 6.78. The van der Waals surface area contributed by atoms with Crippen LogP contribution in [-0.2, 0) is 4.74 Å². The van der Waals surface area contributed by atoms with Crippen LogP contribution in [0.1, 0.15) is 19.3 Å². The molecule has 2 aliphatic rings. The van der Waals surface area contributed by atoms with Gasteiger partial charge in [-0.25, -0.2) is 0 Å². The van der Waals surface area contributed by atoms with Crippen molar-refractivity contribution in [2.75, 3.05) is 24.7 Å². The van der Waals surface area contributed by atoms with Crippen LogP contribution >= 0.6 is 23.4 Å². The third kappa shape index (κ3) is 3.86. The quantitative estimate of drug-likeness (QED) is 0.921. The number of nitrogens with two attached hydrogens (primary N) is 1. The molecule has 1 aromatic carbocycles. The summed E-state index contributed by atoms with van der Waals surface area (Å²) >= 11 is 7.95. The summed E-state index contributed by atoms with van der Waals surface area (Å²) in [5.74, 6) is 3.60. The molecule has 21 heavy (non-hydrogen) atoms. The van der Waals surface area contributed by atoms with Crippen LogP contribution in [0.2, 0.25) is 5.02 Å². The fourth-order valence-electron chi connectivity index (χ4n) is 3.18. The van der Waals surface area contributed by atoms with Crippen molar-refractivity contribution < 1.29 is 9.47 Å². The highest BCUT2D eigenvalue weighted by atomic mass is 35.5. The van der Waals surface area contributed by atoms with E-state index in [0.29, 0.717) is 17.5 Å². The van der Waals surface area contributed by atoms with Crippen molar-refractivity contribution in [1.82, 2.24) is 0 Å². The van der Waals surface area contributed by atoms with Crippen LogP contribution in [0.4, 0.5) is 0 Å². The zero-order valence-electron chi connectivity index (χ0n) is 12.1. The van der Waals surface area contributed by atoms with E-state index in [1.54, 1.807) is 0 Å². The number of halogens is 1. The molecule has 0 aliphatic carbocycles. The molecule has 0 amide bonds. The summed E-state index contributed by atoms with van der Waals surface area (Å²) in [6.07, 6.45) is 3.27. The van der Waals surface area contributed by atoms with E-state index in [1.807, 2.05) is 36.0 Å². The van der Waals surface area contributed by atoms with Crippen molar-refractivity contribution in [1.29, 1.82) is 0 Å². The molecular weight excluding hydrogens is 306 g/mol. The van der Waals surface area contributed by atoms with Gasteiger partial charge in [0.25, 0.3) is 0 Å². The SMILES string of the molecule is NC(COc1cccc(Cl)c1)C1CCOC2(CCSC2)C1. The fraction of sp³-hybridized carbons (Fsp3) is 0.625. The summed E-state index contributed by atoms with van der Waals surface area (Å²) in [6, 6.07) is 7.53. The largest absolute Gasteiger partial charge is 0.492 e. The standard InChI is InChI=1S/C16H22ClNO2S/c17-13-2-1-3-14(8-13)19-10-15(18)12-4-6-20-16(9-12)5-7-21-11-16/h1-3,8,12,15H,4-7,9-11,18H2. The highest BCUT2D eigenvalue weighted by Gasteiger charge is 2.41. The molecule has 2 saturated heterocycles. The van der Waals surface area contributed by atoms with Gasteiger partial charge < -0.3 is 15.2 Å². The Bertz CT molecular complexity index is 479. The van der Waals surface area contributed by atoms with Gasteiger partial charge in [-0.2, -0.15) is 11.8 Å². The minimum atomic E-state index is 0.0513. The first-order valence-corrected chi connectivity index (χ1v) is 9.06. The number of hydrogen-bond donors (Lipinski definition) is 1. The lowest BCUT2D eigenvalue weighted by atomic mass is 9.82. The maximum Gasteiger partial charge on any atom is 0.120 e. The zero-order chi connectivity index (χ0) is 14.7. The molecule has 2 N–H and O–H groups in total. The minimum absolute atomic E-state index is 0.0513. The van der Waals surface area contributed by atoms with Crippen molar-refractivity contribution in [3.8, 4) is 5.75 Å². The normalized spacial score (nSPS) is 30.5. The maximum atomic E-state index is 6.36. The Morgan fingerprint density at radius 2 is 2.43 bits per heavy atom. The van der Waals surface area contributed by atoms with Crippen LogP contribution in [0.3, 0.4) is 0 Å². The molecule has 2 fully saturated rings. The lowest BCUT2D eigenvalue weighted by Crippen LogP contribution is -2.47. The Hall–Kier alpha value is -0.420. The van der Waals surface area contributed by atoms with Gasteiger partial charge >= 0.3 is 0 Å². The predicted molar refractivity (Wildman–Crippen MR) is 88.3 cm³/mol. The second-order valence-electron chi connectivity index (χ2n) is 6.02. The summed E-state index contributed by atoms with van der Waals surface area (Å²) in [4.78, 5) is 0. The molecule has 2 heterocycles. The summed E-state index contributed by atoms with van der Waals surface area (Å²) in [6.45, 7) is 1.37. The van der Waals surface area contributed by atoms with E-state index in [2.05, 4.69) is 0 Å². The highest BCUT2D eigenvalue weighted by Crippen LogP contribution is 2.41. The van der Waals surface area contributed by atoms with Gasteiger partial charge in [0.05, 0.1) is 5.60 Å². The van der Waals surface area contributed by atoms with Gasteiger partial charge in [-0.05, 0) is 49.1 Å². The van der Waals surface area contributed by atoms with Gasteiger partial charge in [-0.1, -0.05) is 17.7 Å². The molecule has 5 heteroatoms. The van der Waals surface area contributed by atoms with Crippen LogP contribution in [-0.4, -0.2) is 36.4 Å². The summed E-state index contributed by atoms with van der Waals surface area (Å²) in [5.41, 5.74) is 6.45. The molecule has 2 aliphatic heterocycles. The van der Waals surface area contributed by atoms with Gasteiger partial charge in [0.15, 0.2) is 0 Å². The molecule has 3 atom stereocenters. The zero-order valence-corrected chi connectivity index (χ0v) is 13.7. The fourth-order valence-corrected chi connectivity index (χ4v) is 4.74. The molecule has 1 spiro atoms. The number of ether oxygens (including phenoxy) is 2. The van der Waals surface area contributed by atoms with Crippen LogP contribution < -0.4 is 10.5 Å². The third-order valence-electron chi connectivity index (χ3n) is 4.44. The van der Waals surface area contributed by atoms with Crippen LogP contribution in [0.25, 0.3) is 0 Å². The van der Waals surface area contributed by atoms with Gasteiger partial charge in [0.1, 0.15) is 12.4 Å². The molecule has 116 valence electrons. The maximum absolute atomic E-state index is 6.36. The van der Waals surface area contributed by atoms with Crippen LogP contribution in [0, 0.1) is 5.92 Å². The van der Waals surface area contributed by atoms with E-state index >= 15 is 0 Å². The molecule has 3 nitrogen and oxygen atoms in total. The van der Waals surface area contributed by atoms with E-state index in [4.69, 9.17) is 26.8 Å². The van der Waals surface area contributed by atoms with Crippen molar-refractivity contribution >= 4 is 23.4 Å². The lowest BCUT2D eigenvalue weighted by molar-refractivity contribution is -0.0848. The van der Waals surface area contributed by atoms with E-state index in [0.717, 1.165) is 37.4 Å². The Kier molecular flexibility index (Phi) is 4.99. The van der Waals surface area contributed by atoms with Crippen LogP contribution in [0.5, 0.6) is 5.75 Å². The average Bonchev–Trinajstić information content (AvgIpc) is 2.93. The first kappa shape index (κ1) is 15.5. The first-order chi connectivity index (χ1) is 10.2. The number of rotatable bonds is 4. The van der Waals surface area contributed by atoms with Crippen LogP contribution in [0.15, 0.2) is 24.3 Å². The van der Waals surface area contributed by atoms with Gasteiger partial charge in [0.2, 0.25) is 0 Å². The van der Waals surface area contributed by atoms with Crippen molar-refractivity contribution in [3.63, 3.8) is 0 Å². The minimum Gasteiger partial charge on any atom is -0.492 e. The van der Waals surface area contributed by atoms with Gasteiger partial charge in [-0.15, -0.1) is 0 Å². The molecule has 3 rings (SSSR count). The van der Waals surface area contributed by atoms with E-state index in [9.17, 15) is 0 Å². The van der Waals surface area contributed by atoms with Gasteiger partial charge in [-0.3, -0.25) is 0 Å². The summed E-state index contributed by atoms with van der Waals surface area (Å²) < 4.78 is 11.8. The average molecular weight is 328 g/mol. The molecule has 0 radical (unpaired) electrons. The number of hydrogen-bond acceptors (Lipinski definition) is 4. The lowest BCUT2D eigenvalue weighted by Gasteiger charge is -2.39. The van der Waals surface area contributed by atoms with Crippen molar-refractivity contribution in [2.45, 2.75) is 30.9 Å². The first-order valence-electron chi connectivity index (χ1n) is 7.53. The number of thioether (sulfide) groups is 1. The Balaban J connectivity index is 1.54. The molecular formula is C16H22ClNO2S. The molecule has 0 aromatic heterocycles. The molecule has 0 saturated carbocycles. The van der Waals surface area contributed by atoms with E-state index in [-0.39, 0.29) is 11.6 Å². The summed E-state index contributed by atoms with van der Waals surface area (Å²) in [7, 11) is 0. The smallest absolute Gasteiger partial charge is 0.120 e. The molecule has 0 bridgehead atoms. The van der Waals surface area contributed by atoms with E-state index < -0.39 is 0 Å². The Morgan fingerprint density at radius 3 is 3.19 bits per heavy atom. The summed E-state index contributed by atoms with van der Waals surface area (Å²) in [5, 5.41) is 0.689. The van der Waals surface area contributed by atoms with Crippen molar-refractivity contribution in [3.05, 3.63) is 29.3 Å². The van der Waals surface area contributed by atoms with Crippen molar-refractivity contribution in [2.24, 2.45) is 11.7 Å². The molecule has 1 aromatic rings. The Labute approximate surface area is 135 Å². The second-order valence-corrected chi connectivity index (χ2v) is 7.56. The Morgan fingerprint density at radius 1 is 1.52 bits per heavy atom. The number of benzene rings is 1. The topological polar surface area (TPSA) is 44.5 Å². The van der Waals surface area contributed by atoms with Gasteiger partial charge in [0, 0.05) is 23.4 Å².